The number of nitrogens with zero attached hydrogens (tertiary/aromatic N) is 1. The Kier molecular flexibility index (Phi) is 3.93. The van der Waals surface area contributed by atoms with Gasteiger partial charge in [-0.3, -0.25) is 0 Å². The van der Waals surface area contributed by atoms with Crippen molar-refractivity contribution in [2.45, 2.75) is 19.8 Å². The summed E-state index contributed by atoms with van der Waals surface area (Å²) >= 11 is 0. The highest BCUT2D eigenvalue weighted by molar-refractivity contribution is 5.44. The highest BCUT2D eigenvalue weighted by Crippen LogP contribution is 2.13. The van der Waals surface area contributed by atoms with Crippen LogP contribution in [0.3, 0.4) is 0 Å². The minimum Gasteiger partial charge on any atom is -0.385 e. The maximum Gasteiger partial charge on any atom is 0.128 e. The predicted molar refractivity (Wildman–Crippen MR) is 54.5 cm³/mol. The lowest BCUT2D eigenvalue weighted by Crippen LogP contribution is -2.01. The average Bonchev–Trinajstić information content (AvgIpc) is 2.18. The maximum absolute atomic E-state index is 13.1. The van der Waals surface area contributed by atoms with Crippen molar-refractivity contribution in [1.29, 1.82) is 5.26 Å². The number of rotatable bonds is 4. The van der Waals surface area contributed by atoms with E-state index in [0.29, 0.717) is 18.5 Å². The summed E-state index contributed by atoms with van der Waals surface area (Å²) in [6, 6.07) is 7.11. The van der Waals surface area contributed by atoms with E-state index in [1.807, 2.05) is 6.07 Å². The van der Waals surface area contributed by atoms with E-state index in [9.17, 15) is 4.39 Å². The molecule has 0 aliphatic heterocycles. The molecule has 14 heavy (non-hydrogen) atoms. The molecule has 0 radical (unpaired) electrons. The summed E-state index contributed by atoms with van der Waals surface area (Å²) in [5.41, 5.74) is 1.42. The molecule has 1 N–H and O–H groups in total. The Morgan fingerprint density at radius 2 is 2.29 bits per heavy atom. The number of unbranched alkanes of at least 4 members (excludes halogenated alkanes) is 1. The third-order valence-electron chi connectivity index (χ3n) is 1.97. The predicted octanol–water partition coefficient (Wildman–Crippen LogP) is 2.85. The second-order valence-corrected chi connectivity index (χ2v) is 3.15. The molecule has 0 aliphatic rings. The standard InChI is InChI=1S/C11H13FN2/c1-9-4-5-10(8-11(9)12)14-7-3-2-6-13/h4-5,8,14H,2-3,7H2,1H3. The summed E-state index contributed by atoms with van der Waals surface area (Å²) < 4.78 is 13.1. The van der Waals surface area contributed by atoms with Gasteiger partial charge in [0.2, 0.25) is 0 Å². The summed E-state index contributed by atoms with van der Waals surface area (Å²) in [6.07, 6.45) is 1.31. The highest BCUT2D eigenvalue weighted by atomic mass is 19.1. The molecular formula is C11H13FN2. The number of halogens is 1. The topological polar surface area (TPSA) is 35.8 Å². The molecule has 0 aromatic heterocycles. The van der Waals surface area contributed by atoms with Crippen molar-refractivity contribution in [3.8, 4) is 6.07 Å². The van der Waals surface area contributed by atoms with Gasteiger partial charge in [0.15, 0.2) is 0 Å². The van der Waals surface area contributed by atoms with Crippen molar-refractivity contribution < 1.29 is 4.39 Å². The number of nitriles is 1. The minimum atomic E-state index is -0.199. The van der Waals surface area contributed by atoms with Gasteiger partial charge in [-0.1, -0.05) is 6.07 Å². The van der Waals surface area contributed by atoms with Gasteiger partial charge in [-0.15, -0.1) is 0 Å². The molecule has 0 atom stereocenters. The molecule has 0 saturated carbocycles. The van der Waals surface area contributed by atoms with Crippen molar-refractivity contribution >= 4 is 5.69 Å². The largest absolute Gasteiger partial charge is 0.385 e. The first-order valence-corrected chi connectivity index (χ1v) is 4.61. The molecule has 74 valence electrons. The number of hydrogen-bond acceptors (Lipinski definition) is 2. The van der Waals surface area contributed by atoms with Gasteiger partial charge in [-0.2, -0.15) is 5.26 Å². The van der Waals surface area contributed by atoms with Crippen LogP contribution >= 0.6 is 0 Å². The van der Waals surface area contributed by atoms with Crippen LogP contribution < -0.4 is 5.32 Å². The first-order chi connectivity index (χ1) is 6.74. The third kappa shape index (κ3) is 3.06. The van der Waals surface area contributed by atoms with Crippen molar-refractivity contribution in [3.63, 3.8) is 0 Å². The van der Waals surface area contributed by atoms with E-state index in [2.05, 4.69) is 11.4 Å². The van der Waals surface area contributed by atoms with E-state index in [-0.39, 0.29) is 5.82 Å². The molecule has 0 unspecified atom stereocenters. The molecule has 1 aromatic carbocycles. The quantitative estimate of drug-likeness (QED) is 0.744. The molecule has 0 aliphatic carbocycles. The maximum atomic E-state index is 13.1. The van der Waals surface area contributed by atoms with Crippen LogP contribution in [-0.4, -0.2) is 6.54 Å². The normalized spacial score (nSPS) is 9.50. The molecule has 0 fully saturated rings. The van der Waals surface area contributed by atoms with Crippen LogP contribution in [0.4, 0.5) is 10.1 Å². The van der Waals surface area contributed by atoms with E-state index < -0.39 is 0 Å². The first kappa shape index (κ1) is 10.5. The lowest BCUT2D eigenvalue weighted by atomic mass is 10.2. The lowest BCUT2D eigenvalue weighted by molar-refractivity contribution is 0.619. The van der Waals surface area contributed by atoms with Gasteiger partial charge in [0.25, 0.3) is 0 Å². The van der Waals surface area contributed by atoms with Crippen LogP contribution in [0, 0.1) is 24.1 Å². The Bertz CT molecular complexity index is 342. The van der Waals surface area contributed by atoms with Crippen LogP contribution in [0.25, 0.3) is 0 Å². The Hall–Kier alpha value is -1.56. The van der Waals surface area contributed by atoms with Gasteiger partial charge in [0.05, 0.1) is 6.07 Å². The van der Waals surface area contributed by atoms with Gasteiger partial charge >= 0.3 is 0 Å². The van der Waals surface area contributed by atoms with Gasteiger partial charge in [0.1, 0.15) is 5.82 Å². The van der Waals surface area contributed by atoms with E-state index in [1.54, 1.807) is 13.0 Å². The van der Waals surface area contributed by atoms with Crippen molar-refractivity contribution in [1.82, 2.24) is 0 Å². The summed E-state index contributed by atoms with van der Waals surface area (Å²) in [4.78, 5) is 0. The molecule has 3 heteroatoms. The van der Waals surface area contributed by atoms with Crippen LogP contribution in [0.2, 0.25) is 0 Å². The second-order valence-electron chi connectivity index (χ2n) is 3.15. The molecule has 0 bridgehead atoms. The summed E-state index contributed by atoms with van der Waals surface area (Å²) in [7, 11) is 0. The third-order valence-corrected chi connectivity index (χ3v) is 1.97. The van der Waals surface area contributed by atoms with Crippen LogP contribution in [0.1, 0.15) is 18.4 Å². The lowest BCUT2D eigenvalue weighted by Gasteiger charge is -2.05. The van der Waals surface area contributed by atoms with Gasteiger partial charge in [-0.05, 0) is 31.0 Å². The zero-order chi connectivity index (χ0) is 10.4. The van der Waals surface area contributed by atoms with Crippen LogP contribution in [0.15, 0.2) is 18.2 Å². The fraction of sp³-hybridized carbons (Fsp3) is 0.364. The fourth-order valence-corrected chi connectivity index (χ4v) is 1.10. The van der Waals surface area contributed by atoms with Crippen LogP contribution in [0.5, 0.6) is 0 Å². The van der Waals surface area contributed by atoms with Gasteiger partial charge in [0, 0.05) is 18.7 Å². The molecule has 0 spiro atoms. The first-order valence-electron chi connectivity index (χ1n) is 4.61. The van der Waals surface area contributed by atoms with Crippen molar-refractivity contribution in [2.75, 3.05) is 11.9 Å². The van der Waals surface area contributed by atoms with Crippen LogP contribution in [-0.2, 0) is 0 Å². The molecule has 2 nitrogen and oxygen atoms in total. The Balaban J connectivity index is 2.44. The van der Waals surface area contributed by atoms with Crippen molar-refractivity contribution in [3.05, 3.63) is 29.6 Å². The molecular weight excluding hydrogens is 179 g/mol. The zero-order valence-corrected chi connectivity index (χ0v) is 8.18. The molecule has 0 heterocycles. The number of benzene rings is 1. The summed E-state index contributed by atoms with van der Waals surface area (Å²) in [5.74, 6) is -0.199. The molecule has 1 rings (SSSR count). The van der Waals surface area contributed by atoms with E-state index in [4.69, 9.17) is 5.26 Å². The Morgan fingerprint density at radius 3 is 2.93 bits per heavy atom. The SMILES string of the molecule is Cc1ccc(NCCCC#N)cc1F. The fourth-order valence-electron chi connectivity index (χ4n) is 1.10. The van der Waals surface area contributed by atoms with Gasteiger partial charge in [-0.25, -0.2) is 4.39 Å². The van der Waals surface area contributed by atoms with Crippen molar-refractivity contribution in [2.24, 2.45) is 0 Å². The highest BCUT2D eigenvalue weighted by Gasteiger charge is 1.97. The Labute approximate surface area is 83.4 Å². The number of aryl methyl sites for hydroxylation is 1. The van der Waals surface area contributed by atoms with E-state index in [1.165, 1.54) is 6.07 Å². The van der Waals surface area contributed by atoms with E-state index in [0.717, 1.165) is 12.1 Å². The average molecular weight is 192 g/mol. The number of nitrogens with one attached hydrogen (secondary N) is 1. The summed E-state index contributed by atoms with van der Waals surface area (Å²) in [6.45, 7) is 2.44. The minimum absolute atomic E-state index is 0.199. The Morgan fingerprint density at radius 1 is 1.50 bits per heavy atom. The zero-order valence-electron chi connectivity index (χ0n) is 8.18. The number of hydrogen-bond donors (Lipinski definition) is 1. The molecule has 0 saturated heterocycles. The van der Waals surface area contributed by atoms with Gasteiger partial charge < -0.3 is 5.32 Å². The number of anilines is 1. The van der Waals surface area contributed by atoms with E-state index >= 15 is 0 Å². The molecule has 1 aromatic rings. The monoisotopic (exact) mass is 192 g/mol. The second kappa shape index (κ2) is 5.23. The molecule has 0 amide bonds. The smallest absolute Gasteiger partial charge is 0.128 e. The summed E-state index contributed by atoms with van der Waals surface area (Å²) in [5, 5.41) is 11.4.